The van der Waals surface area contributed by atoms with Crippen molar-refractivity contribution < 1.29 is 42.0 Å². The fourth-order valence-corrected chi connectivity index (χ4v) is 4.07. The summed E-state index contributed by atoms with van der Waals surface area (Å²) in [4.78, 5) is 13.2. The fraction of sp³-hybridized carbons (Fsp3) is 0.423. The van der Waals surface area contributed by atoms with Gasteiger partial charge in [-0.25, -0.2) is 4.79 Å². The highest BCUT2D eigenvalue weighted by molar-refractivity contribution is 5.85. The van der Waals surface area contributed by atoms with Gasteiger partial charge < -0.3 is 24.1 Å². The maximum Gasteiger partial charge on any atom is 0.419 e. The van der Waals surface area contributed by atoms with Gasteiger partial charge in [0.25, 0.3) is 0 Å². The highest BCUT2D eigenvalue weighted by Gasteiger charge is 2.35. The first-order chi connectivity index (χ1) is 17.1. The quantitative estimate of drug-likeness (QED) is 0.499. The van der Waals surface area contributed by atoms with Crippen LogP contribution in [0.1, 0.15) is 30.5 Å². The van der Waals surface area contributed by atoms with Gasteiger partial charge in [0.05, 0.1) is 18.3 Å². The van der Waals surface area contributed by atoms with Crippen LogP contribution in [0.15, 0.2) is 42.0 Å². The van der Waals surface area contributed by atoms with Crippen LogP contribution in [-0.4, -0.2) is 61.0 Å². The summed E-state index contributed by atoms with van der Waals surface area (Å²) in [7, 11) is 0. The monoisotopic (exact) mass is 543 g/mol. The van der Waals surface area contributed by atoms with Gasteiger partial charge in [0.1, 0.15) is 30.5 Å². The lowest BCUT2D eigenvalue weighted by molar-refractivity contribution is -0.155. The van der Waals surface area contributed by atoms with E-state index in [0.717, 1.165) is 17.2 Å². The molecule has 2 aliphatic rings. The third-order valence-corrected chi connectivity index (χ3v) is 5.73. The highest BCUT2D eigenvalue weighted by atomic mass is 35.5. The molecule has 0 bridgehead atoms. The van der Waals surface area contributed by atoms with E-state index in [-0.39, 0.29) is 30.9 Å². The van der Waals surface area contributed by atoms with Gasteiger partial charge in [-0.3, -0.25) is 4.90 Å². The smallest absolute Gasteiger partial charge is 0.419 e. The molecule has 1 saturated heterocycles. The standard InChI is InChI=1S/C26H28F3NO6.ClH/c1-16(2)36-22-6-3-17(10-21(22)26(27,28)29)14-34-20-5-4-19-9-18(15-35-23(19)11-20)12-30-7-8-33-24(13-30)25(31)32;/h3-6,9-11,16,24H,7-8,12-15H2,1-2H3,(H,31,32);1H. The number of benzene rings is 2. The van der Waals surface area contributed by atoms with Crippen LogP contribution in [0, 0.1) is 0 Å². The minimum atomic E-state index is -4.54. The van der Waals surface area contributed by atoms with Crippen molar-refractivity contribution in [1.82, 2.24) is 4.90 Å². The minimum absolute atomic E-state index is 0. The van der Waals surface area contributed by atoms with Gasteiger partial charge in [0, 0.05) is 31.3 Å². The van der Waals surface area contributed by atoms with E-state index in [1.54, 1.807) is 32.0 Å². The molecule has 2 aromatic rings. The zero-order chi connectivity index (χ0) is 25.9. The summed E-state index contributed by atoms with van der Waals surface area (Å²) >= 11 is 0. The predicted octanol–water partition coefficient (Wildman–Crippen LogP) is 5.05. The summed E-state index contributed by atoms with van der Waals surface area (Å²) < 4.78 is 62.6. The number of aliphatic carboxylic acids is 1. The van der Waals surface area contributed by atoms with Crippen molar-refractivity contribution in [3.05, 3.63) is 58.7 Å². The van der Waals surface area contributed by atoms with E-state index in [9.17, 15) is 18.0 Å². The van der Waals surface area contributed by atoms with Gasteiger partial charge in [0.2, 0.25) is 0 Å². The molecule has 2 aromatic carbocycles. The maximum atomic E-state index is 13.5. The Hall–Kier alpha value is -2.95. The largest absolute Gasteiger partial charge is 0.490 e. The number of carboxylic acid groups (broad SMARTS) is 1. The average molecular weight is 544 g/mol. The summed E-state index contributed by atoms with van der Waals surface area (Å²) in [5.74, 6) is -0.0973. The first kappa shape index (κ1) is 28.6. The van der Waals surface area contributed by atoms with Crippen LogP contribution in [-0.2, 0) is 22.3 Å². The summed E-state index contributed by atoms with van der Waals surface area (Å²) in [6.07, 6.45) is -3.76. The number of carbonyl (C=O) groups is 1. The molecule has 0 saturated carbocycles. The lowest BCUT2D eigenvalue weighted by Crippen LogP contribution is -2.46. The second kappa shape index (κ2) is 12.1. The second-order valence-electron chi connectivity index (χ2n) is 9.01. The van der Waals surface area contributed by atoms with E-state index in [4.69, 9.17) is 24.1 Å². The first-order valence-electron chi connectivity index (χ1n) is 11.6. The molecule has 2 heterocycles. The van der Waals surface area contributed by atoms with E-state index < -0.39 is 23.8 Å². The lowest BCUT2D eigenvalue weighted by atomic mass is 10.1. The molecule has 0 spiro atoms. The minimum Gasteiger partial charge on any atom is -0.490 e. The molecule has 1 N–H and O–H groups in total. The van der Waals surface area contributed by atoms with Crippen molar-refractivity contribution in [3.63, 3.8) is 0 Å². The van der Waals surface area contributed by atoms with Crippen molar-refractivity contribution in [2.24, 2.45) is 0 Å². The van der Waals surface area contributed by atoms with Gasteiger partial charge in [-0.2, -0.15) is 13.2 Å². The third-order valence-electron chi connectivity index (χ3n) is 5.73. The Morgan fingerprint density at radius 2 is 2.00 bits per heavy atom. The molecule has 4 rings (SSSR count). The molecule has 1 atom stereocenters. The summed E-state index contributed by atoms with van der Waals surface area (Å²) in [6, 6.07) is 9.18. The molecule has 0 aliphatic carbocycles. The number of hydrogen-bond acceptors (Lipinski definition) is 6. The van der Waals surface area contributed by atoms with Crippen LogP contribution < -0.4 is 14.2 Å². The van der Waals surface area contributed by atoms with Crippen molar-refractivity contribution in [1.29, 1.82) is 0 Å². The number of morpholine rings is 1. The normalized spacial score (nSPS) is 17.8. The Morgan fingerprint density at radius 3 is 2.70 bits per heavy atom. The molecule has 0 radical (unpaired) electrons. The Morgan fingerprint density at radius 1 is 1.22 bits per heavy atom. The van der Waals surface area contributed by atoms with E-state index in [1.807, 2.05) is 17.0 Å². The highest BCUT2D eigenvalue weighted by Crippen LogP contribution is 2.38. The van der Waals surface area contributed by atoms with Gasteiger partial charge >= 0.3 is 12.1 Å². The van der Waals surface area contributed by atoms with E-state index in [2.05, 4.69) is 0 Å². The Labute approximate surface area is 219 Å². The molecule has 1 fully saturated rings. The van der Waals surface area contributed by atoms with Crippen LogP contribution in [0.4, 0.5) is 13.2 Å². The molecule has 37 heavy (non-hydrogen) atoms. The summed E-state index contributed by atoms with van der Waals surface area (Å²) in [6.45, 7) is 5.53. The number of carboxylic acids is 1. The van der Waals surface area contributed by atoms with Crippen molar-refractivity contribution in [2.45, 2.75) is 38.8 Å². The Balaban J connectivity index is 0.00000380. The topological polar surface area (TPSA) is 77.5 Å². The molecular weight excluding hydrogens is 515 g/mol. The van der Waals surface area contributed by atoms with Crippen molar-refractivity contribution in [3.8, 4) is 17.2 Å². The Bertz CT molecular complexity index is 1140. The fourth-order valence-electron chi connectivity index (χ4n) is 4.07. The molecule has 0 amide bonds. The zero-order valence-electron chi connectivity index (χ0n) is 20.4. The maximum absolute atomic E-state index is 13.5. The lowest BCUT2D eigenvalue weighted by Gasteiger charge is -2.32. The van der Waals surface area contributed by atoms with Crippen LogP contribution in [0.2, 0.25) is 0 Å². The number of halogens is 4. The number of fused-ring (bicyclic) bond motifs is 1. The van der Waals surface area contributed by atoms with Crippen molar-refractivity contribution >= 4 is 24.5 Å². The van der Waals surface area contributed by atoms with E-state index in [0.29, 0.717) is 49.9 Å². The van der Waals surface area contributed by atoms with Crippen LogP contribution in [0.25, 0.3) is 6.08 Å². The van der Waals surface area contributed by atoms with Gasteiger partial charge in [-0.05, 0) is 55.3 Å². The first-order valence-corrected chi connectivity index (χ1v) is 11.6. The molecule has 11 heteroatoms. The van der Waals surface area contributed by atoms with Crippen LogP contribution >= 0.6 is 12.4 Å². The second-order valence-corrected chi connectivity index (χ2v) is 9.01. The molecular formula is C26H29ClF3NO6. The Kier molecular flexibility index (Phi) is 9.33. The number of alkyl halides is 3. The summed E-state index contributed by atoms with van der Waals surface area (Å²) in [5.41, 5.74) is 1.38. The van der Waals surface area contributed by atoms with Crippen LogP contribution in [0.3, 0.4) is 0 Å². The molecule has 0 aromatic heterocycles. The molecule has 2 aliphatic heterocycles. The summed E-state index contributed by atoms with van der Waals surface area (Å²) in [5, 5.41) is 9.17. The zero-order valence-corrected chi connectivity index (χ0v) is 21.2. The van der Waals surface area contributed by atoms with Crippen molar-refractivity contribution in [2.75, 3.05) is 32.8 Å². The predicted molar refractivity (Wildman–Crippen MR) is 133 cm³/mol. The van der Waals surface area contributed by atoms with E-state index >= 15 is 0 Å². The third kappa shape index (κ3) is 7.53. The molecule has 7 nitrogen and oxygen atoms in total. The average Bonchev–Trinajstić information content (AvgIpc) is 2.82. The molecule has 1 unspecified atom stereocenters. The number of rotatable bonds is 8. The van der Waals surface area contributed by atoms with Gasteiger partial charge in [-0.1, -0.05) is 6.07 Å². The molecule has 202 valence electrons. The van der Waals surface area contributed by atoms with Crippen LogP contribution in [0.5, 0.6) is 17.2 Å². The SMILES string of the molecule is CC(C)Oc1ccc(COc2ccc3c(c2)OCC(CN2CCOC(C(=O)O)C2)=C3)cc1C(F)(F)F.Cl. The number of ether oxygens (including phenoxy) is 4. The number of hydrogen-bond donors (Lipinski definition) is 1. The van der Waals surface area contributed by atoms with Gasteiger partial charge in [-0.15, -0.1) is 12.4 Å². The van der Waals surface area contributed by atoms with E-state index in [1.165, 1.54) is 6.07 Å². The number of nitrogens with zero attached hydrogens (tertiary/aromatic N) is 1. The van der Waals surface area contributed by atoms with Gasteiger partial charge in [0.15, 0.2) is 6.10 Å².